The minimum Gasteiger partial charge on any atom is -0.481 e. The first-order chi connectivity index (χ1) is 7.86. The lowest BCUT2D eigenvalue weighted by Crippen LogP contribution is -2.35. The van der Waals surface area contributed by atoms with Crippen molar-refractivity contribution in [2.75, 3.05) is 0 Å². The molecule has 2 atom stereocenters. The highest BCUT2D eigenvalue weighted by atomic mass is 16.4. The van der Waals surface area contributed by atoms with Crippen LogP contribution in [0, 0.1) is 6.92 Å². The molecule has 92 valence electrons. The van der Waals surface area contributed by atoms with Crippen LogP contribution in [0.15, 0.2) is 24.3 Å². The Bertz CT molecular complexity index is 451. The highest BCUT2D eigenvalue weighted by Crippen LogP contribution is 2.46. The van der Waals surface area contributed by atoms with Gasteiger partial charge in [-0.3, -0.25) is 4.79 Å². The molecule has 0 aromatic heterocycles. The van der Waals surface area contributed by atoms with Gasteiger partial charge < -0.3 is 10.2 Å². The Balaban J connectivity index is 2.47. The van der Waals surface area contributed by atoms with E-state index in [9.17, 15) is 15.0 Å². The summed E-state index contributed by atoms with van der Waals surface area (Å²) in [6.07, 6.45) is 1.32. The molecule has 1 aromatic rings. The van der Waals surface area contributed by atoms with Crippen LogP contribution in [0.2, 0.25) is 0 Å². The molecular weight excluding hydrogens is 216 g/mol. The summed E-state index contributed by atoms with van der Waals surface area (Å²) in [5, 5.41) is 19.6. The number of carbonyl (C=O) groups is 1. The predicted molar refractivity (Wildman–Crippen MR) is 65.0 cm³/mol. The second kappa shape index (κ2) is 3.84. The van der Waals surface area contributed by atoms with E-state index in [1.54, 1.807) is 6.92 Å². The second-order valence-corrected chi connectivity index (χ2v) is 5.43. The maximum Gasteiger partial charge on any atom is 0.314 e. The smallest absolute Gasteiger partial charge is 0.314 e. The number of rotatable bonds is 2. The molecule has 1 fully saturated rings. The second-order valence-electron chi connectivity index (χ2n) is 5.43. The van der Waals surface area contributed by atoms with Crippen LogP contribution in [0.25, 0.3) is 0 Å². The summed E-state index contributed by atoms with van der Waals surface area (Å²) in [6, 6.07) is 7.59. The van der Waals surface area contributed by atoms with E-state index in [0.717, 1.165) is 11.1 Å². The average molecular weight is 234 g/mol. The molecule has 0 saturated heterocycles. The first-order valence-corrected chi connectivity index (χ1v) is 5.89. The van der Waals surface area contributed by atoms with Crippen molar-refractivity contribution in [1.82, 2.24) is 0 Å². The molecule has 1 aromatic carbocycles. The summed E-state index contributed by atoms with van der Waals surface area (Å²) < 4.78 is 0. The summed E-state index contributed by atoms with van der Waals surface area (Å²) in [5.41, 5.74) is 0.0648. The van der Waals surface area contributed by atoms with Gasteiger partial charge in [0.1, 0.15) is 0 Å². The summed E-state index contributed by atoms with van der Waals surface area (Å²) in [6.45, 7) is 3.67. The Morgan fingerprint density at radius 2 is 2.06 bits per heavy atom. The standard InChI is InChI=1S/C14H18O3/c1-10-4-3-5-11(8-10)14(12(15)16)7-6-13(2,17)9-14/h3-5,8,17H,6-7,9H2,1-2H3,(H,15,16). The van der Waals surface area contributed by atoms with Crippen molar-refractivity contribution in [3.63, 3.8) is 0 Å². The van der Waals surface area contributed by atoms with Gasteiger partial charge in [0.2, 0.25) is 0 Å². The van der Waals surface area contributed by atoms with E-state index in [4.69, 9.17) is 0 Å². The third-order valence-corrected chi connectivity index (χ3v) is 3.75. The molecular formula is C14H18O3. The van der Waals surface area contributed by atoms with Crippen molar-refractivity contribution < 1.29 is 15.0 Å². The van der Waals surface area contributed by atoms with Crippen molar-refractivity contribution in [2.45, 2.75) is 44.1 Å². The molecule has 17 heavy (non-hydrogen) atoms. The Kier molecular flexibility index (Phi) is 2.74. The van der Waals surface area contributed by atoms with Crippen molar-refractivity contribution in [2.24, 2.45) is 0 Å². The molecule has 1 saturated carbocycles. The largest absolute Gasteiger partial charge is 0.481 e. The number of aryl methyl sites for hydroxylation is 1. The number of carboxylic acids is 1. The first kappa shape index (κ1) is 12.1. The van der Waals surface area contributed by atoms with Gasteiger partial charge in [-0.1, -0.05) is 29.8 Å². The number of carboxylic acid groups (broad SMARTS) is 1. The van der Waals surface area contributed by atoms with E-state index in [2.05, 4.69) is 0 Å². The fourth-order valence-electron chi connectivity index (χ4n) is 2.80. The van der Waals surface area contributed by atoms with E-state index in [0.29, 0.717) is 19.3 Å². The van der Waals surface area contributed by atoms with E-state index >= 15 is 0 Å². The zero-order valence-electron chi connectivity index (χ0n) is 10.2. The molecule has 2 N–H and O–H groups in total. The van der Waals surface area contributed by atoms with Crippen LogP contribution in [-0.2, 0) is 10.2 Å². The highest BCUT2D eigenvalue weighted by molar-refractivity contribution is 5.82. The lowest BCUT2D eigenvalue weighted by Gasteiger charge is -2.26. The van der Waals surface area contributed by atoms with E-state index < -0.39 is 17.0 Å². The third-order valence-electron chi connectivity index (χ3n) is 3.75. The van der Waals surface area contributed by atoms with Crippen LogP contribution in [0.4, 0.5) is 0 Å². The van der Waals surface area contributed by atoms with Crippen molar-refractivity contribution in [3.8, 4) is 0 Å². The Labute approximate surface area is 101 Å². The first-order valence-electron chi connectivity index (χ1n) is 5.89. The molecule has 3 nitrogen and oxygen atoms in total. The molecule has 0 heterocycles. The number of aliphatic hydroxyl groups is 1. The third kappa shape index (κ3) is 2.07. The molecule has 0 aliphatic heterocycles. The van der Waals surface area contributed by atoms with Crippen LogP contribution in [-0.4, -0.2) is 21.8 Å². The maximum atomic E-state index is 11.6. The minimum atomic E-state index is -0.921. The minimum absolute atomic E-state index is 0.290. The van der Waals surface area contributed by atoms with Crippen LogP contribution in [0.5, 0.6) is 0 Å². The van der Waals surface area contributed by atoms with Gasteiger partial charge >= 0.3 is 5.97 Å². The van der Waals surface area contributed by atoms with Crippen LogP contribution in [0.3, 0.4) is 0 Å². The maximum absolute atomic E-state index is 11.6. The monoisotopic (exact) mass is 234 g/mol. The zero-order chi connectivity index (χ0) is 12.7. The van der Waals surface area contributed by atoms with Crippen molar-refractivity contribution in [3.05, 3.63) is 35.4 Å². The van der Waals surface area contributed by atoms with Gasteiger partial charge in [-0.05, 0) is 38.7 Å². The van der Waals surface area contributed by atoms with E-state index in [1.165, 1.54) is 0 Å². The van der Waals surface area contributed by atoms with Gasteiger partial charge in [0.15, 0.2) is 0 Å². The molecule has 0 spiro atoms. The van der Waals surface area contributed by atoms with Gasteiger partial charge in [-0.25, -0.2) is 0 Å². The molecule has 3 heteroatoms. The summed E-state index contributed by atoms with van der Waals surface area (Å²) in [4.78, 5) is 11.6. The Hall–Kier alpha value is -1.35. The topological polar surface area (TPSA) is 57.5 Å². The average Bonchev–Trinajstić information content (AvgIpc) is 2.56. The van der Waals surface area contributed by atoms with Crippen LogP contribution < -0.4 is 0 Å². The van der Waals surface area contributed by atoms with E-state index in [1.807, 2.05) is 31.2 Å². The molecule has 0 radical (unpaired) electrons. The Morgan fingerprint density at radius 3 is 2.53 bits per heavy atom. The SMILES string of the molecule is Cc1cccc(C2(C(=O)O)CCC(C)(O)C2)c1. The molecule has 0 bridgehead atoms. The van der Waals surface area contributed by atoms with Gasteiger partial charge in [0.05, 0.1) is 11.0 Å². The fraction of sp³-hybridized carbons (Fsp3) is 0.500. The molecule has 1 aliphatic rings. The fourth-order valence-corrected chi connectivity index (χ4v) is 2.80. The predicted octanol–water partition coefficient (Wildman–Crippen LogP) is 2.25. The zero-order valence-corrected chi connectivity index (χ0v) is 10.2. The number of hydrogen-bond donors (Lipinski definition) is 2. The van der Waals surface area contributed by atoms with Crippen molar-refractivity contribution >= 4 is 5.97 Å². The number of aliphatic carboxylic acids is 1. The van der Waals surface area contributed by atoms with E-state index in [-0.39, 0.29) is 0 Å². The molecule has 0 amide bonds. The van der Waals surface area contributed by atoms with Gasteiger partial charge in [0.25, 0.3) is 0 Å². The Morgan fingerprint density at radius 1 is 1.35 bits per heavy atom. The van der Waals surface area contributed by atoms with Gasteiger partial charge in [-0.15, -0.1) is 0 Å². The molecule has 2 rings (SSSR count). The summed E-state index contributed by atoms with van der Waals surface area (Å²) in [5.74, 6) is -0.833. The van der Waals surface area contributed by atoms with Crippen LogP contribution in [0.1, 0.15) is 37.3 Å². The highest BCUT2D eigenvalue weighted by Gasteiger charge is 2.51. The quantitative estimate of drug-likeness (QED) is 0.825. The number of hydrogen-bond acceptors (Lipinski definition) is 2. The lowest BCUT2D eigenvalue weighted by molar-refractivity contribution is -0.144. The molecule has 1 aliphatic carbocycles. The summed E-state index contributed by atoms with van der Waals surface area (Å²) >= 11 is 0. The van der Waals surface area contributed by atoms with Gasteiger partial charge in [0, 0.05) is 0 Å². The number of benzene rings is 1. The normalized spacial score (nSPS) is 32.6. The van der Waals surface area contributed by atoms with Crippen LogP contribution >= 0.6 is 0 Å². The van der Waals surface area contributed by atoms with Gasteiger partial charge in [-0.2, -0.15) is 0 Å². The van der Waals surface area contributed by atoms with Crippen molar-refractivity contribution in [1.29, 1.82) is 0 Å². The summed E-state index contributed by atoms with van der Waals surface area (Å²) in [7, 11) is 0. The lowest BCUT2D eigenvalue weighted by atomic mass is 9.77. The molecule has 2 unspecified atom stereocenters.